The summed E-state index contributed by atoms with van der Waals surface area (Å²) in [5, 5.41) is 13.4. The first kappa shape index (κ1) is 16.0. The fourth-order valence-corrected chi connectivity index (χ4v) is 4.25. The summed E-state index contributed by atoms with van der Waals surface area (Å²) in [5.74, 6) is 0.420. The van der Waals surface area contributed by atoms with Gasteiger partial charge in [0.25, 0.3) is 0 Å². The molecule has 25 heavy (non-hydrogen) atoms. The highest BCUT2D eigenvalue weighted by Gasteiger charge is 2.40. The summed E-state index contributed by atoms with van der Waals surface area (Å²) >= 11 is 6.49. The van der Waals surface area contributed by atoms with Gasteiger partial charge in [-0.2, -0.15) is 0 Å². The molecule has 0 fully saturated rings. The van der Waals surface area contributed by atoms with E-state index in [-0.39, 0.29) is 12.0 Å². The molecule has 0 amide bonds. The molecule has 2 unspecified atom stereocenters. The van der Waals surface area contributed by atoms with Crippen molar-refractivity contribution >= 4 is 23.3 Å². The first-order valence-electron chi connectivity index (χ1n) is 8.23. The van der Waals surface area contributed by atoms with Crippen LogP contribution in [0.2, 0.25) is 5.02 Å². The Morgan fingerprint density at radius 2 is 2.00 bits per heavy atom. The summed E-state index contributed by atoms with van der Waals surface area (Å²) in [6.45, 7) is 0. The molecule has 3 atom stereocenters. The van der Waals surface area contributed by atoms with Gasteiger partial charge in [0, 0.05) is 16.5 Å². The Kier molecular flexibility index (Phi) is 3.92. The number of hydrogen-bond acceptors (Lipinski definition) is 3. The number of nitrogens with one attached hydrogen (secondary N) is 1. The lowest BCUT2D eigenvalue weighted by Gasteiger charge is -2.38. The van der Waals surface area contributed by atoms with E-state index in [9.17, 15) is 4.79 Å². The molecule has 0 saturated carbocycles. The van der Waals surface area contributed by atoms with Gasteiger partial charge in [-0.15, -0.1) is 0 Å². The van der Waals surface area contributed by atoms with Gasteiger partial charge in [0.1, 0.15) is 5.75 Å². The van der Waals surface area contributed by atoms with Crippen LogP contribution in [-0.4, -0.2) is 18.2 Å². The second kappa shape index (κ2) is 6.12. The Morgan fingerprint density at radius 3 is 2.68 bits per heavy atom. The highest BCUT2D eigenvalue weighted by molar-refractivity contribution is 6.32. The monoisotopic (exact) mass is 355 g/mol. The summed E-state index contributed by atoms with van der Waals surface area (Å²) in [6.07, 6.45) is 5.37. The fourth-order valence-electron chi connectivity index (χ4n) is 3.97. The average Bonchev–Trinajstić information content (AvgIpc) is 3.11. The second-order valence-corrected chi connectivity index (χ2v) is 6.85. The van der Waals surface area contributed by atoms with Crippen molar-refractivity contribution < 1.29 is 14.6 Å². The number of methoxy groups -OCH3 is 1. The van der Waals surface area contributed by atoms with E-state index in [0.717, 1.165) is 34.0 Å². The Hall–Kier alpha value is -2.46. The van der Waals surface area contributed by atoms with Crippen molar-refractivity contribution in [2.75, 3.05) is 12.4 Å². The van der Waals surface area contributed by atoms with E-state index < -0.39 is 5.97 Å². The molecule has 0 spiro atoms. The number of benzene rings is 2. The summed E-state index contributed by atoms with van der Waals surface area (Å²) in [6, 6.07) is 10.9. The summed E-state index contributed by atoms with van der Waals surface area (Å²) in [4.78, 5) is 11.1. The SMILES string of the molecule is COc1ccc(Cl)c2c1N[C@H](c1ccc(C(=O)O)cc1)C1CC=CC21. The van der Waals surface area contributed by atoms with Gasteiger partial charge in [0.05, 0.1) is 24.4 Å². The Labute approximate surface area is 151 Å². The molecule has 0 radical (unpaired) electrons. The van der Waals surface area contributed by atoms with Crippen molar-refractivity contribution in [3.8, 4) is 5.75 Å². The number of anilines is 1. The van der Waals surface area contributed by atoms with Crippen molar-refractivity contribution in [3.63, 3.8) is 0 Å². The number of rotatable bonds is 3. The Morgan fingerprint density at radius 1 is 1.24 bits per heavy atom. The number of aromatic carboxylic acids is 1. The van der Waals surface area contributed by atoms with Crippen molar-refractivity contribution in [1.82, 2.24) is 0 Å². The minimum Gasteiger partial charge on any atom is -0.495 e. The molecule has 2 aromatic carbocycles. The summed E-state index contributed by atoms with van der Waals surface area (Å²) in [5.41, 5.74) is 3.37. The first-order chi connectivity index (χ1) is 12.1. The molecule has 2 aliphatic rings. The van der Waals surface area contributed by atoms with Crippen molar-refractivity contribution in [2.45, 2.75) is 18.4 Å². The predicted molar refractivity (Wildman–Crippen MR) is 97.8 cm³/mol. The highest BCUT2D eigenvalue weighted by atomic mass is 35.5. The molecule has 2 aromatic rings. The molecular weight excluding hydrogens is 338 g/mol. The van der Waals surface area contributed by atoms with Crippen LogP contribution in [0.3, 0.4) is 0 Å². The molecule has 2 N–H and O–H groups in total. The van der Waals surface area contributed by atoms with Crippen LogP contribution in [-0.2, 0) is 0 Å². The van der Waals surface area contributed by atoms with Gasteiger partial charge in [0.15, 0.2) is 0 Å². The number of carbonyl (C=O) groups is 1. The standard InChI is InChI=1S/C20H18ClNO3/c1-25-16-10-9-15(21)17-13-3-2-4-14(13)18(22-19(16)17)11-5-7-12(8-6-11)20(23)24/h2-3,5-10,13-14,18,22H,4H2,1H3,(H,23,24)/t13?,14?,18-/m1/s1. The van der Waals surface area contributed by atoms with Crippen LogP contribution in [0, 0.1) is 5.92 Å². The third-order valence-corrected chi connectivity index (χ3v) is 5.49. The molecule has 1 aliphatic heterocycles. The topological polar surface area (TPSA) is 58.6 Å². The maximum Gasteiger partial charge on any atom is 0.335 e. The predicted octanol–water partition coefficient (Wildman–Crippen LogP) is 4.87. The average molecular weight is 356 g/mol. The Balaban J connectivity index is 1.79. The van der Waals surface area contributed by atoms with E-state index in [0.29, 0.717) is 11.5 Å². The van der Waals surface area contributed by atoms with E-state index >= 15 is 0 Å². The normalized spacial score (nSPS) is 23.5. The minimum absolute atomic E-state index is 0.0720. The maximum atomic E-state index is 11.1. The number of hydrogen-bond donors (Lipinski definition) is 2. The van der Waals surface area contributed by atoms with E-state index in [1.54, 1.807) is 19.2 Å². The number of carboxylic acid groups (broad SMARTS) is 1. The van der Waals surface area contributed by atoms with E-state index in [1.165, 1.54) is 0 Å². The van der Waals surface area contributed by atoms with Crippen LogP contribution in [0.15, 0.2) is 48.6 Å². The quantitative estimate of drug-likeness (QED) is 0.771. The molecule has 0 aromatic heterocycles. The number of carboxylic acids is 1. The lowest BCUT2D eigenvalue weighted by Crippen LogP contribution is -2.29. The fraction of sp³-hybridized carbons (Fsp3) is 0.250. The zero-order valence-corrected chi connectivity index (χ0v) is 14.5. The largest absolute Gasteiger partial charge is 0.495 e. The van der Waals surface area contributed by atoms with Gasteiger partial charge < -0.3 is 15.2 Å². The molecule has 1 aliphatic carbocycles. The van der Waals surface area contributed by atoms with E-state index in [2.05, 4.69) is 17.5 Å². The summed E-state index contributed by atoms with van der Waals surface area (Å²) in [7, 11) is 1.65. The molecule has 1 heterocycles. The number of halogens is 1. The minimum atomic E-state index is -0.914. The maximum absolute atomic E-state index is 11.1. The van der Waals surface area contributed by atoms with Crippen molar-refractivity contribution in [2.24, 2.45) is 5.92 Å². The van der Waals surface area contributed by atoms with Crippen LogP contribution in [0.4, 0.5) is 5.69 Å². The van der Waals surface area contributed by atoms with Gasteiger partial charge >= 0.3 is 5.97 Å². The van der Waals surface area contributed by atoms with E-state index in [1.807, 2.05) is 24.3 Å². The third-order valence-electron chi connectivity index (χ3n) is 5.17. The van der Waals surface area contributed by atoms with Crippen LogP contribution < -0.4 is 10.1 Å². The lowest BCUT2D eigenvalue weighted by molar-refractivity contribution is 0.0697. The lowest BCUT2D eigenvalue weighted by atomic mass is 9.76. The second-order valence-electron chi connectivity index (χ2n) is 6.44. The third kappa shape index (κ3) is 2.57. The molecular formula is C20H18ClNO3. The molecule has 0 bridgehead atoms. The zero-order valence-electron chi connectivity index (χ0n) is 13.7. The van der Waals surface area contributed by atoms with Gasteiger partial charge in [-0.3, -0.25) is 0 Å². The van der Waals surface area contributed by atoms with Gasteiger partial charge in [-0.1, -0.05) is 35.9 Å². The smallest absolute Gasteiger partial charge is 0.335 e. The molecule has 128 valence electrons. The zero-order chi connectivity index (χ0) is 17.6. The van der Waals surface area contributed by atoms with Gasteiger partial charge in [-0.25, -0.2) is 4.79 Å². The molecule has 4 nitrogen and oxygen atoms in total. The van der Waals surface area contributed by atoms with Crippen LogP contribution >= 0.6 is 11.6 Å². The van der Waals surface area contributed by atoms with Crippen molar-refractivity contribution in [1.29, 1.82) is 0 Å². The highest BCUT2D eigenvalue weighted by Crippen LogP contribution is 2.54. The van der Waals surface area contributed by atoms with Crippen LogP contribution in [0.25, 0.3) is 0 Å². The number of allylic oxidation sites excluding steroid dienone is 2. The van der Waals surface area contributed by atoms with Crippen LogP contribution in [0.5, 0.6) is 5.75 Å². The number of ether oxygens (including phenoxy) is 1. The van der Waals surface area contributed by atoms with E-state index in [4.69, 9.17) is 21.4 Å². The first-order valence-corrected chi connectivity index (χ1v) is 8.60. The molecule has 4 rings (SSSR count). The van der Waals surface area contributed by atoms with Crippen molar-refractivity contribution in [3.05, 3.63) is 70.3 Å². The summed E-state index contributed by atoms with van der Waals surface area (Å²) < 4.78 is 5.53. The molecule has 5 heteroatoms. The number of fused-ring (bicyclic) bond motifs is 3. The van der Waals surface area contributed by atoms with Crippen LogP contribution in [0.1, 0.15) is 39.9 Å². The Bertz CT molecular complexity index is 860. The van der Waals surface area contributed by atoms with Gasteiger partial charge in [0.2, 0.25) is 0 Å². The molecule has 0 saturated heterocycles. The van der Waals surface area contributed by atoms with Gasteiger partial charge in [-0.05, 0) is 42.2 Å².